The predicted octanol–water partition coefficient (Wildman–Crippen LogP) is 2.94. The summed E-state index contributed by atoms with van der Waals surface area (Å²) in [6.45, 7) is 0. The van der Waals surface area contributed by atoms with Gasteiger partial charge in [-0.1, -0.05) is 0 Å². The summed E-state index contributed by atoms with van der Waals surface area (Å²) in [7, 11) is 1.21. The molecule has 1 aromatic rings. The zero-order chi connectivity index (χ0) is 12.3. The molecule has 7 heteroatoms. The number of alkyl halides is 2. The van der Waals surface area contributed by atoms with Gasteiger partial charge in [0.2, 0.25) is 0 Å². The topological polar surface area (TPSA) is 39.2 Å². The Hall–Kier alpha value is -0.0600. The van der Waals surface area contributed by atoms with Crippen LogP contribution in [0.15, 0.2) is 6.20 Å². The number of aromatic nitrogens is 1. The molecule has 1 rings (SSSR count). The molecule has 0 aliphatic heterocycles. The fraction of sp³-hybridized carbons (Fsp3) is 0.333. The van der Waals surface area contributed by atoms with Gasteiger partial charge < -0.3 is 4.74 Å². The van der Waals surface area contributed by atoms with Gasteiger partial charge in [0, 0.05) is 13.3 Å². The van der Waals surface area contributed by atoms with Crippen molar-refractivity contribution >= 4 is 51.2 Å². The molecule has 0 aliphatic carbocycles. The van der Waals surface area contributed by atoms with Gasteiger partial charge in [-0.25, -0.2) is 8.78 Å². The van der Waals surface area contributed by atoms with E-state index in [-0.39, 0.29) is 17.7 Å². The fourth-order valence-electron chi connectivity index (χ4n) is 1.09. The maximum absolute atomic E-state index is 12.8. The number of methoxy groups -OCH3 is 1. The van der Waals surface area contributed by atoms with Crippen molar-refractivity contribution in [3.8, 4) is 0 Å². The third kappa shape index (κ3) is 3.22. The molecule has 0 N–H and O–H groups in total. The molecule has 16 heavy (non-hydrogen) atoms. The lowest BCUT2D eigenvalue weighted by Crippen LogP contribution is -2.11. The smallest absolute Gasteiger partial charge is 0.311 e. The minimum Gasteiger partial charge on any atom is -0.469 e. The van der Waals surface area contributed by atoms with E-state index in [0.29, 0.717) is 7.14 Å². The van der Waals surface area contributed by atoms with Gasteiger partial charge >= 0.3 is 5.97 Å². The summed E-state index contributed by atoms with van der Waals surface area (Å²) in [5.41, 5.74) is -0.107. The van der Waals surface area contributed by atoms with Gasteiger partial charge in [-0.15, -0.1) is 0 Å². The molecule has 0 fully saturated rings. The second-order valence-electron chi connectivity index (χ2n) is 2.83. The first-order valence-corrected chi connectivity index (χ1v) is 6.30. The minimum absolute atomic E-state index is 0.0756. The van der Waals surface area contributed by atoms with Crippen molar-refractivity contribution in [2.45, 2.75) is 12.8 Å². The molecule has 0 radical (unpaired) electrons. The van der Waals surface area contributed by atoms with Crippen LogP contribution in [0.2, 0.25) is 0 Å². The van der Waals surface area contributed by atoms with E-state index in [1.54, 1.807) is 0 Å². The Balaban J connectivity index is 3.18. The van der Waals surface area contributed by atoms with E-state index in [1.807, 2.05) is 45.2 Å². The van der Waals surface area contributed by atoms with Crippen LogP contribution in [-0.4, -0.2) is 18.1 Å². The number of rotatable bonds is 3. The second kappa shape index (κ2) is 6.03. The van der Waals surface area contributed by atoms with Crippen LogP contribution in [0.5, 0.6) is 0 Å². The van der Waals surface area contributed by atoms with E-state index in [4.69, 9.17) is 0 Å². The fourth-order valence-corrected chi connectivity index (χ4v) is 2.20. The number of ether oxygens (including phenoxy) is 1. The van der Waals surface area contributed by atoms with Crippen LogP contribution in [0, 0.1) is 7.14 Å². The molecular formula is C9H7F2I2NO2. The molecule has 88 valence electrons. The summed E-state index contributed by atoms with van der Waals surface area (Å²) in [5, 5.41) is 0. The highest BCUT2D eigenvalue weighted by Crippen LogP contribution is 2.30. The Morgan fingerprint density at radius 3 is 2.69 bits per heavy atom. The maximum Gasteiger partial charge on any atom is 0.311 e. The van der Waals surface area contributed by atoms with E-state index >= 15 is 0 Å². The van der Waals surface area contributed by atoms with E-state index in [2.05, 4.69) is 9.72 Å². The zero-order valence-electron chi connectivity index (χ0n) is 8.14. The highest BCUT2D eigenvalue weighted by atomic mass is 127. The molecule has 0 bridgehead atoms. The van der Waals surface area contributed by atoms with Gasteiger partial charge in [0.1, 0.15) is 0 Å². The summed E-state index contributed by atoms with van der Waals surface area (Å²) in [4.78, 5) is 14.9. The van der Waals surface area contributed by atoms with Crippen LogP contribution in [0.4, 0.5) is 8.78 Å². The quantitative estimate of drug-likeness (QED) is 0.523. The van der Waals surface area contributed by atoms with E-state index in [1.165, 1.54) is 13.3 Å². The SMILES string of the molecule is COC(=O)Cc1ncc(I)c(I)c1C(F)F. The van der Waals surface area contributed by atoms with Crippen molar-refractivity contribution in [1.29, 1.82) is 0 Å². The first-order valence-electron chi connectivity index (χ1n) is 4.15. The van der Waals surface area contributed by atoms with Gasteiger partial charge in [0.25, 0.3) is 6.43 Å². The number of hydrogen-bond acceptors (Lipinski definition) is 3. The average Bonchev–Trinajstić information content (AvgIpc) is 2.23. The highest BCUT2D eigenvalue weighted by molar-refractivity contribution is 14.1. The molecule has 0 saturated carbocycles. The summed E-state index contributed by atoms with van der Waals surface area (Å²) in [6.07, 6.45) is -1.41. The van der Waals surface area contributed by atoms with Crippen LogP contribution in [0.1, 0.15) is 17.7 Å². The third-order valence-electron chi connectivity index (χ3n) is 1.85. The largest absolute Gasteiger partial charge is 0.469 e. The van der Waals surface area contributed by atoms with Crippen molar-refractivity contribution in [3.05, 3.63) is 24.6 Å². The summed E-state index contributed by atoms with van der Waals surface area (Å²) in [5.74, 6) is -0.577. The number of pyridine rings is 1. The number of carbonyl (C=O) groups excluding carboxylic acids is 1. The number of nitrogens with zero attached hydrogens (tertiary/aromatic N) is 1. The van der Waals surface area contributed by atoms with Crippen LogP contribution in [-0.2, 0) is 16.0 Å². The van der Waals surface area contributed by atoms with Crippen LogP contribution in [0.3, 0.4) is 0 Å². The van der Waals surface area contributed by atoms with Gasteiger partial charge in [0.05, 0.1) is 24.8 Å². The van der Waals surface area contributed by atoms with Crippen LogP contribution >= 0.6 is 45.2 Å². The molecule has 0 spiro atoms. The Morgan fingerprint density at radius 1 is 1.56 bits per heavy atom. The highest BCUT2D eigenvalue weighted by Gasteiger charge is 2.21. The molecule has 1 aromatic heterocycles. The van der Waals surface area contributed by atoms with Crippen molar-refractivity contribution in [1.82, 2.24) is 4.98 Å². The lowest BCUT2D eigenvalue weighted by molar-refractivity contribution is -0.139. The lowest BCUT2D eigenvalue weighted by Gasteiger charge is -2.10. The summed E-state index contributed by atoms with van der Waals surface area (Å²) < 4.78 is 31.1. The molecule has 0 saturated heterocycles. The first-order chi connectivity index (χ1) is 7.47. The second-order valence-corrected chi connectivity index (χ2v) is 5.08. The van der Waals surface area contributed by atoms with Gasteiger partial charge in [-0.2, -0.15) is 0 Å². The molecular weight excluding hydrogens is 446 g/mol. The number of carbonyl (C=O) groups is 1. The molecule has 0 unspecified atom stereocenters. The molecule has 1 heterocycles. The normalized spacial score (nSPS) is 10.6. The van der Waals surface area contributed by atoms with E-state index in [9.17, 15) is 13.6 Å². The first kappa shape index (κ1) is 14.0. The molecule has 0 amide bonds. The Bertz CT molecular complexity index is 413. The van der Waals surface area contributed by atoms with Crippen molar-refractivity contribution in [3.63, 3.8) is 0 Å². The van der Waals surface area contributed by atoms with Crippen LogP contribution < -0.4 is 0 Å². The van der Waals surface area contributed by atoms with Crippen molar-refractivity contribution in [2.24, 2.45) is 0 Å². The maximum atomic E-state index is 12.8. The van der Waals surface area contributed by atoms with E-state index in [0.717, 1.165) is 0 Å². The minimum atomic E-state index is -2.64. The standard InChI is InChI=1S/C9H7F2I2NO2/c1-16-6(15)2-5-7(9(10)11)8(13)4(12)3-14-5/h3,9H,2H2,1H3. The number of halogens is 4. The Kier molecular flexibility index (Phi) is 5.28. The van der Waals surface area contributed by atoms with Gasteiger partial charge in [-0.3, -0.25) is 9.78 Å². The van der Waals surface area contributed by atoms with Crippen molar-refractivity contribution in [2.75, 3.05) is 7.11 Å². The lowest BCUT2D eigenvalue weighted by atomic mass is 10.1. The van der Waals surface area contributed by atoms with Gasteiger partial charge in [-0.05, 0) is 45.2 Å². The van der Waals surface area contributed by atoms with Gasteiger partial charge in [0.15, 0.2) is 0 Å². The molecule has 3 nitrogen and oxygen atoms in total. The number of hydrogen-bond donors (Lipinski definition) is 0. The summed E-state index contributed by atoms with van der Waals surface area (Å²) >= 11 is 3.75. The van der Waals surface area contributed by atoms with Crippen LogP contribution in [0.25, 0.3) is 0 Å². The zero-order valence-corrected chi connectivity index (χ0v) is 12.5. The molecule has 0 aromatic carbocycles. The monoisotopic (exact) mass is 453 g/mol. The Labute approximate surface area is 118 Å². The van der Waals surface area contributed by atoms with E-state index < -0.39 is 12.4 Å². The number of esters is 1. The average molecular weight is 453 g/mol. The molecule has 0 aliphatic rings. The third-order valence-corrected chi connectivity index (χ3v) is 4.86. The van der Waals surface area contributed by atoms with Crippen molar-refractivity contribution < 1.29 is 18.3 Å². The molecule has 0 atom stereocenters. The summed E-state index contributed by atoms with van der Waals surface area (Å²) in [6, 6.07) is 0. The Morgan fingerprint density at radius 2 is 2.19 bits per heavy atom. The predicted molar refractivity (Wildman–Crippen MR) is 70.3 cm³/mol.